The Morgan fingerprint density at radius 3 is 2.53 bits per heavy atom. The fraction of sp³-hybridized carbons (Fsp3) is 0.545. The van der Waals surface area contributed by atoms with Crippen LogP contribution >= 0.6 is 0 Å². The normalized spacial score (nSPS) is 13.6. The molecule has 0 aromatic carbocycles. The SMILES string of the molecule is CC(C(=O)O)c1nccc(C(C)(C)C)n1. The number of aliphatic carboxylic acids is 1. The molecule has 15 heavy (non-hydrogen) atoms. The van der Waals surface area contributed by atoms with Gasteiger partial charge >= 0.3 is 5.97 Å². The highest BCUT2D eigenvalue weighted by Gasteiger charge is 2.20. The highest BCUT2D eigenvalue weighted by atomic mass is 16.4. The van der Waals surface area contributed by atoms with Crippen LogP contribution in [0, 0.1) is 0 Å². The minimum Gasteiger partial charge on any atom is -0.481 e. The van der Waals surface area contributed by atoms with Gasteiger partial charge in [0, 0.05) is 17.3 Å². The van der Waals surface area contributed by atoms with Gasteiger partial charge in [-0.2, -0.15) is 0 Å². The predicted octanol–water partition coefficient (Wildman–Crippen LogP) is 1.96. The molecule has 0 saturated carbocycles. The molecule has 0 radical (unpaired) electrons. The molecule has 0 aliphatic rings. The van der Waals surface area contributed by atoms with Crippen molar-refractivity contribution in [1.82, 2.24) is 9.97 Å². The largest absolute Gasteiger partial charge is 0.481 e. The molecule has 1 heterocycles. The van der Waals surface area contributed by atoms with Crippen LogP contribution in [0.15, 0.2) is 12.3 Å². The molecule has 82 valence electrons. The van der Waals surface area contributed by atoms with Crippen molar-refractivity contribution < 1.29 is 9.90 Å². The first-order valence-corrected chi connectivity index (χ1v) is 4.88. The summed E-state index contributed by atoms with van der Waals surface area (Å²) in [6, 6.07) is 1.82. The summed E-state index contributed by atoms with van der Waals surface area (Å²) < 4.78 is 0. The van der Waals surface area contributed by atoms with E-state index in [1.54, 1.807) is 13.1 Å². The molecule has 1 atom stereocenters. The van der Waals surface area contributed by atoms with E-state index in [2.05, 4.69) is 9.97 Å². The highest BCUT2D eigenvalue weighted by Crippen LogP contribution is 2.21. The molecular formula is C11H16N2O2. The van der Waals surface area contributed by atoms with E-state index < -0.39 is 11.9 Å². The zero-order chi connectivity index (χ0) is 11.6. The molecule has 0 fully saturated rings. The number of nitrogens with zero attached hydrogens (tertiary/aromatic N) is 2. The number of carboxylic acid groups (broad SMARTS) is 1. The van der Waals surface area contributed by atoms with E-state index in [0.29, 0.717) is 5.82 Å². The van der Waals surface area contributed by atoms with Crippen LogP contribution in [0.5, 0.6) is 0 Å². The molecule has 0 amide bonds. The molecule has 1 aromatic heterocycles. The van der Waals surface area contributed by atoms with Crippen molar-refractivity contribution in [3.05, 3.63) is 23.8 Å². The Labute approximate surface area is 89.4 Å². The van der Waals surface area contributed by atoms with E-state index >= 15 is 0 Å². The number of aromatic nitrogens is 2. The lowest BCUT2D eigenvalue weighted by atomic mass is 9.92. The number of carboxylic acids is 1. The maximum absolute atomic E-state index is 10.8. The smallest absolute Gasteiger partial charge is 0.313 e. The first kappa shape index (κ1) is 11.6. The number of hydrogen-bond donors (Lipinski definition) is 1. The molecule has 0 bridgehead atoms. The molecule has 1 aromatic rings. The quantitative estimate of drug-likeness (QED) is 0.807. The third-order valence-corrected chi connectivity index (χ3v) is 2.20. The van der Waals surface area contributed by atoms with Gasteiger partial charge < -0.3 is 5.11 Å². The Morgan fingerprint density at radius 1 is 1.47 bits per heavy atom. The third-order valence-electron chi connectivity index (χ3n) is 2.20. The molecule has 0 aliphatic carbocycles. The van der Waals surface area contributed by atoms with Crippen LogP contribution in [0.4, 0.5) is 0 Å². The Bertz CT molecular complexity index is 369. The Morgan fingerprint density at radius 2 is 2.07 bits per heavy atom. The minimum atomic E-state index is -0.902. The fourth-order valence-electron chi connectivity index (χ4n) is 1.11. The average Bonchev–Trinajstić information content (AvgIpc) is 2.15. The van der Waals surface area contributed by atoms with Crippen LogP contribution in [0.1, 0.15) is 45.1 Å². The van der Waals surface area contributed by atoms with Gasteiger partial charge in [0.05, 0.1) is 0 Å². The van der Waals surface area contributed by atoms with Gasteiger partial charge in [-0.05, 0) is 13.0 Å². The molecule has 1 N–H and O–H groups in total. The van der Waals surface area contributed by atoms with Gasteiger partial charge in [0.2, 0.25) is 0 Å². The standard InChI is InChI=1S/C11H16N2O2/c1-7(10(14)15)9-12-6-5-8(13-9)11(2,3)4/h5-7H,1-4H3,(H,14,15). The zero-order valence-corrected chi connectivity index (χ0v) is 9.48. The molecule has 1 rings (SSSR count). The summed E-state index contributed by atoms with van der Waals surface area (Å²) in [7, 11) is 0. The highest BCUT2D eigenvalue weighted by molar-refractivity contribution is 5.74. The lowest BCUT2D eigenvalue weighted by molar-refractivity contribution is -0.138. The molecule has 1 unspecified atom stereocenters. The first-order valence-electron chi connectivity index (χ1n) is 4.88. The van der Waals surface area contributed by atoms with E-state index in [1.165, 1.54) is 0 Å². The molecule has 0 saturated heterocycles. The Balaban J connectivity index is 3.08. The van der Waals surface area contributed by atoms with Crippen molar-refractivity contribution in [3.63, 3.8) is 0 Å². The van der Waals surface area contributed by atoms with Crippen LogP contribution in [0.2, 0.25) is 0 Å². The van der Waals surface area contributed by atoms with Crippen LogP contribution in [-0.2, 0) is 10.2 Å². The number of carbonyl (C=O) groups is 1. The zero-order valence-electron chi connectivity index (χ0n) is 9.48. The molecular weight excluding hydrogens is 192 g/mol. The van der Waals surface area contributed by atoms with Crippen LogP contribution < -0.4 is 0 Å². The van der Waals surface area contributed by atoms with E-state index in [0.717, 1.165) is 5.69 Å². The average molecular weight is 208 g/mol. The molecule has 4 nitrogen and oxygen atoms in total. The van der Waals surface area contributed by atoms with Gasteiger partial charge in [0.25, 0.3) is 0 Å². The summed E-state index contributed by atoms with van der Waals surface area (Å²) in [6.45, 7) is 7.68. The van der Waals surface area contributed by atoms with Gasteiger partial charge in [-0.15, -0.1) is 0 Å². The summed E-state index contributed by atoms with van der Waals surface area (Å²) in [5.41, 5.74) is 0.774. The van der Waals surface area contributed by atoms with E-state index in [9.17, 15) is 4.79 Å². The lowest BCUT2D eigenvalue weighted by Crippen LogP contribution is -2.18. The molecule has 4 heteroatoms. The minimum absolute atomic E-state index is 0.0874. The van der Waals surface area contributed by atoms with Crippen molar-refractivity contribution in [2.24, 2.45) is 0 Å². The van der Waals surface area contributed by atoms with Crippen molar-refractivity contribution in [2.75, 3.05) is 0 Å². The molecule has 0 aliphatic heterocycles. The van der Waals surface area contributed by atoms with Crippen molar-refractivity contribution in [3.8, 4) is 0 Å². The summed E-state index contributed by atoms with van der Waals surface area (Å²) >= 11 is 0. The summed E-state index contributed by atoms with van der Waals surface area (Å²) in [5, 5.41) is 8.85. The van der Waals surface area contributed by atoms with Crippen molar-refractivity contribution in [1.29, 1.82) is 0 Å². The topological polar surface area (TPSA) is 63.1 Å². The van der Waals surface area contributed by atoms with Crippen molar-refractivity contribution >= 4 is 5.97 Å². The maximum atomic E-state index is 10.8. The van der Waals surface area contributed by atoms with Gasteiger partial charge in [0.1, 0.15) is 11.7 Å². The second-order valence-electron chi connectivity index (χ2n) is 4.61. The lowest BCUT2D eigenvalue weighted by Gasteiger charge is -2.18. The van der Waals surface area contributed by atoms with Crippen LogP contribution in [0.3, 0.4) is 0 Å². The number of rotatable bonds is 2. The predicted molar refractivity (Wildman–Crippen MR) is 56.8 cm³/mol. The summed E-state index contributed by atoms with van der Waals surface area (Å²) in [5.74, 6) is -1.19. The van der Waals surface area contributed by atoms with E-state index in [-0.39, 0.29) is 5.41 Å². The maximum Gasteiger partial charge on any atom is 0.313 e. The van der Waals surface area contributed by atoms with Gasteiger partial charge in [0.15, 0.2) is 0 Å². The van der Waals surface area contributed by atoms with Gasteiger partial charge in [-0.25, -0.2) is 9.97 Å². The van der Waals surface area contributed by atoms with Crippen LogP contribution in [0.25, 0.3) is 0 Å². The number of hydrogen-bond acceptors (Lipinski definition) is 3. The second-order valence-corrected chi connectivity index (χ2v) is 4.61. The van der Waals surface area contributed by atoms with Crippen LogP contribution in [-0.4, -0.2) is 21.0 Å². The van der Waals surface area contributed by atoms with Crippen molar-refractivity contribution in [2.45, 2.75) is 39.0 Å². The Kier molecular flexibility index (Phi) is 3.07. The summed E-state index contributed by atoms with van der Waals surface area (Å²) in [6.07, 6.45) is 1.61. The first-order chi connectivity index (χ1) is 6.82. The van der Waals surface area contributed by atoms with E-state index in [1.807, 2.05) is 26.8 Å². The van der Waals surface area contributed by atoms with Gasteiger partial charge in [-0.1, -0.05) is 20.8 Å². The molecule has 0 spiro atoms. The monoisotopic (exact) mass is 208 g/mol. The second kappa shape index (κ2) is 3.96. The summed E-state index contributed by atoms with van der Waals surface area (Å²) in [4.78, 5) is 19.0. The third kappa shape index (κ3) is 2.75. The fourth-order valence-corrected chi connectivity index (χ4v) is 1.11. The van der Waals surface area contributed by atoms with E-state index in [4.69, 9.17) is 5.11 Å². The Hall–Kier alpha value is -1.45. The van der Waals surface area contributed by atoms with Gasteiger partial charge in [-0.3, -0.25) is 4.79 Å².